The first-order chi connectivity index (χ1) is 11.3. The molecule has 8 heteroatoms. The first-order valence-electron chi connectivity index (χ1n) is 8.40. The molecule has 0 aromatic heterocycles. The quantitative estimate of drug-likeness (QED) is 0.544. The van der Waals surface area contributed by atoms with Crippen LogP contribution in [-0.4, -0.2) is 75.2 Å². The van der Waals surface area contributed by atoms with Gasteiger partial charge in [0.15, 0.2) is 6.10 Å². The molecular weight excluding hydrogens is 348 g/mol. The van der Waals surface area contributed by atoms with Gasteiger partial charge >= 0.3 is 5.97 Å². The summed E-state index contributed by atoms with van der Waals surface area (Å²) < 4.78 is 17.2. The number of hydrogen-bond donors (Lipinski definition) is 3. The van der Waals surface area contributed by atoms with Crippen LogP contribution in [0.15, 0.2) is 0 Å². The van der Waals surface area contributed by atoms with Gasteiger partial charge in [0.2, 0.25) is 0 Å². The van der Waals surface area contributed by atoms with Gasteiger partial charge in [0, 0.05) is 0 Å². The van der Waals surface area contributed by atoms with Crippen molar-refractivity contribution in [1.29, 1.82) is 0 Å². The molecule has 1 saturated heterocycles. The smallest absolute Gasteiger partial charge is 0.335 e. The second-order valence-corrected chi connectivity index (χ2v) is 8.60. The Morgan fingerprint density at radius 2 is 1.76 bits per heavy atom. The molecule has 0 radical (unpaired) electrons. The molecule has 5 atom stereocenters. The van der Waals surface area contributed by atoms with Crippen molar-refractivity contribution in [1.82, 2.24) is 0 Å². The van der Waals surface area contributed by atoms with Gasteiger partial charge in [-0.1, -0.05) is 13.8 Å². The number of aliphatic hydroxyl groups excluding tert-OH is 2. The fraction of sp³-hybridized carbons (Fsp3) is 0.941. The average Bonchev–Trinajstić information content (AvgIpc) is 2.49. The van der Waals surface area contributed by atoms with E-state index in [1.807, 2.05) is 34.0 Å². The number of hydrogen-bond acceptors (Lipinski definition) is 7. The molecular formula is C17H32O7S. The second kappa shape index (κ2) is 8.54. The van der Waals surface area contributed by atoms with Gasteiger partial charge in [-0.05, 0) is 39.9 Å². The monoisotopic (exact) mass is 380 g/mol. The maximum absolute atomic E-state index is 11.7. The van der Waals surface area contributed by atoms with Gasteiger partial charge in [-0.2, -0.15) is 0 Å². The lowest BCUT2D eigenvalue weighted by molar-refractivity contribution is -0.287. The number of aliphatic carboxylic acids is 1. The molecule has 1 rings (SSSR count). The molecule has 0 bridgehead atoms. The molecule has 1 fully saturated rings. The zero-order chi connectivity index (χ0) is 19.6. The van der Waals surface area contributed by atoms with E-state index in [1.165, 1.54) is 11.8 Å². The third kappa shape index (κ3) is 5.30. The number of carbonyl (C=O) groups is 1. The highest BCUT2D eigenvalue weighted by Crippen LogP contribution is 2.35. The molecule has 7 nitrogen and oxygen atoms in total. The highest BCUT2D eigenvalue weighted by Gasteiger charge is 2.54. The van der Waals surface area contributed by atoms with Crippen LogP contribution in [0.5, 0.6) is 0 Å². The van der Waals surface area contributed by atoms with Crippen molar-refractivity contribution in [3.05, 3.63) is 0 Å². The summed E-state index contributed by atoms with van der Waals surface area (Å²) in [5, 5.41) is 30.7. The summed E-state index contributed by atoms with van der Waals surface area (Å²) in [6.07, 6.45) is -4.47. The zero-order valence-electron chi connectivity index (χ0n) is 16.1. The minimum absolute atomic E-state index is 0.0744. The summed E-state index contributed by atoms with van der Waals surface area (Å²) in [7, 11) is 0. The Labute approximate surface area is 154 Å². The first kappa shape index (κ1) is 22.7. The number of thioether (sulfide) groups is 1. The molecule has 1 aliphatic rings. The van der Waals surface area contributed by atoms with Crippen molar-refractivity contribution in [3.63, 3.8) is 0 Å². The number of carboxylic acid groups (broad SMARTS) is 1. The van der Waals surface area contributed by atoms with Gasteiger partial charge in [-0.15, -0.1) is 11.8 Å². The van der Waals surface area contributed by atoms with Crippen molar-refractivity contribution in [2.24, 2.45) is 5.92 Å². The van der Waals surface area contributed by atoms with Crippen LogP contribution in [-0.2, 0) is 19.0 Å². The minimum Gasteiger partial charge on any atom is -0.479 e. The van der Waals surface area contributed by atoms with Gasteiger partial charge in [-0.25, -0.2) is 4.79 Å². The van der Waals surface area contributed by atoms with Crippen LogP contribution >= 0.6 is 11.8 Å². The molecule has 1 heterocycles. The molecule has 0 amide bonds. The third-order valence-corrected chi connectivity index (χ3v) is 5.25. The van der Waals surface area contributed by atoms with E-state index in [0.29, 0.717) is 5.94 Å². The van der Waals surface area contributed by atoms with Crippen LogP contribution < -0.4 is 0 Å². The van der Waals surface area contributed by atoms with Crippen LogP contribution in [0.25, 0.3) is 0 Å². The van der Waals surface area contributed by atoms with Crippen LogP contribution in [0.2, 0.25) is 0 Å². The Bertz CT molecular complexity index is 452. The number of carboxylic acids is 1. The average molecular weight is 381 g/mol. The van der Waals surface area contributed by atoms with Crippen molar-refractivity contribution >= 4 is 17.7 Å². The Morgan fingerprint density at radius 1 is 1.20 bits per heavy atom. The maximum Gasteiger partial charge on any atom is 0.335 e. The Kier molecular flexibility index (Phi) is 7.74. The van der Waals surface area contributed by atoms with Crippen LogP contribution in [0.3, 0.4) is 0 Å². The van der Waals surface area contributed by atoms with Crippen molar-refractivity contribution in [2.45, 2.75) is 83.3 Å². The highest BCUT2D eigenvalue weighted by molar-refractivity contribution is 7.98. The summed E-state index contributed by atoms with van der Waals surface area (Å²) >= 11 is 1.45. The fourth-order valence-electron chi connectivity index (χ4n) is 2.55. The normalized spacial score (nSPS) is 31.4. The molecule has 148 valence electrons. The van der Waals surface area contributed by atoms with E-state index in [1.54, 1.807) is 13.8 Å². The van der Waals surface area contributed by atoms with E-state index in [0.717, 1.165) is 0 Å². The van der Waals surface area contributed by atoms with Crippen LogP contribution in [0.4, 0.5) is 0 Å². The third-order valence-electron chi connectivity index (χ3n) is 4.90. The summed E-state index contributed by atoms with van der Waals surface area (Å²) in [6, 6.07) is 0. The number of ether oxygens (including phenoxy) is 3. The van der Waals surface area contributed by atoms with Gasteiger partial charge < -0.3 is 29.5 Å². The lowest BCUT2D eigenvalue weighted by atomic mass is 9.85. The summed E-state index contributed by atoms with van der Waals surface area (Å²) in [4.78, 5) is 11.7. The van der Waals surface area contributed by atoms with Gasteiger partial charge in [0.1, 0.15) is 24.4 Å². The topological polar surface area (TPSA) is 105 Å². The number of aliphatic hydroxyl groups is 2. The molecule has 0 spiro atoms. The molecule has 0 unspecified atom stereocenters. The van der Waals surface area contributed by atoms with Crippen LogP contribution in [0, 0.1) is 5.92 Å². The van der Waals surface area contributed by atoms with E-state index in [2.05, 4.69) is 0 Å². The molecule has 3 N–H and O–H groups in total. The zero-order valence-corrected chi connectivity index (χ0v) is 16.9. The Morgan fingerprint density at radius 3 is 2.20 bits per heavy atom. The van der Waals surface area contributed by atoms with E-state index in [4.69, 9.17) is 14.2 Å². The van der Waals surface area contributed by atoms with Crippen LogP contribution in [0.1, 0.15) is 41.5 Å². The maximum atomic E-state index is 11.7. The largest absolute Gasteiger partial charge is 0.479 e. The molecule has 0 aromatic rings. The van der Waals surface area contributed by atoms with Gasteiger partial charge in [0.05, 0.1) is 17.1 Å². The lowest BCUT2D eigenvalue weighted by Gasteiger charge is -2.48. The van der Waals surface area contributed by atoms with E-state index < -0.39 is 47.7 Å². The van der Waals surface area contributed by atoms with Crippen molar-refractivity contribution < 1.29 is 34.3 Å². The Hall–Kier alpha value is -0.380. The highest BCUT2D eigenvalue weighted by atomic mass is 32.2. The van der Waals surface area contributed by atoms with Crippen molar-refractivity contribution in [3.8, 4) is 0 Å². The summed E-state index contributed by atoms with van der Waals surface area (Å²) in [6.45, 7) is 10.9. The summed E-state index contributed by atoms with van der Waals surface area (Å²) in [5.74, 6) is -0.820. The fourth-order valence-corrected chi connectivity index (χ4v) is 2.98. The summed E-state index contributed by atoms with van der Waals surface area (Å²) in [5.41, 5.74) is -1.67. The number of rotatable bonds is 8. The molecule has 0 aliphatic carbocycles. The molecule has 1 aliphatic heterocycles. The first-order valence-corrected chi connectivity index (χ1v) is 9.79. The molecule has 25 heavy (non-hydrogen) atoms. The van der Waals surface area contributed by atoms with E-state index in [-0.39, 0.29) is 5.92 Å². The molecule has 0 saturated carbocycles. The lowest BCUT2D eigenvalue weighted by Crippen LogP contribution is -2.66. The second-order valence-electron chi connectivity index (χ2n) is 7.79. The standard InChI is InChI=1S/C17H32O7S/c1-9(2)16(3,4)24-12-10(18)11(19)14(23-13(12)15(20)21)17(5,6)22-8-25-7/h9-14,18-19H,8H2,1-7H3,(H,20,21)/t10-,11+,12+,13+,14-/m1/s1. The van der Waals surface area contributed by atoms with E-state index in [9.17, 15) is 20.1 Å². The van der Waals surface area contributed by atoms with Gasteiger partial charge in [0.25, 0.3) is 0 Å². The van der Waals surface area contributed by atoms with Gasteiger partial charge in [-0.3, -0.25) is 0 Å². The SMILES string of the molecule is CSCOC(C)(C)[C@@H]1O[C@H](C(=O)O)[C@@H](OC(C)(C)C(C)C)[C@H](O)[C@@H]1O. The van der Waals surface area contributed by atoms with Crippen molar-refractivity contribution in [2.75, 3.05) is 12.2 Å². The van der Waals surface area contributed by atoms with E-state index >= 15 is 0 Å². The predicted molar refractivity (Wildman–Crippen MR) is 95.6 cm³/mol. The minimum atomic E-state index is -1.41. The predicted octanol–water partition coefficient (Wildman–Crippen LogP) is 1.50. The Balaban J connectivity index is 3.08. The molecule has 0 aromatic carbocycles.